The number of hydrogen-bond acceptors (Lipinski definition) is 12. The van der Waals surface area contributed by atoms with Crippen molar-refractivity contribution in [1.82, 2.24) is 14.5 Å². The molecule has 5 N–H and O–H groups in total. The van der Waals surface area contributed by atoms with Gasteiger partial charge in [0.2, 0.25) is 0 Å². The number of aliphatic hydroxyl groups excluding tert-OH is 4. The first kappa shape index (κ1) is 42.0. The fourth-order valence-corrected chi connectivity index (χ4v) is 7.91. The van der Waals surface area contributed by atoms with Gasteiger partial charge in [-0.15, -0.1) is 0 Å². The number of hydrogen-bond donors (Lipinski definition) is 5. The van der Waals surface area contributed by atoms with Crippen molar-refractivity contribution in [2.24, 2.45) is 0 Å². The minimum atomic E-state index is -3.78. The number of unbranched alkanes of at least 4 members (excludes halogenated alkanes) is 13. The lowest BCUT2D eigenvalue weighted by molar-refractivity contribution is -0.0546. The van der Waals surface area contributed by atoms with Gasteiger partial charge in [-0.25, -0.2) is 9.36 Å². The highest BCUT2D eigenvalue weighted by Gasteiger charge is 2.46. The number of nitrogens with zero attached hydrogens (tertiary/aromatic N) is 2. The average Bonchev–Trinajstić information content (AvgIpc) is 3.55. The van der Waals surface area contributed by atoms with Crippen molar-refractivity contribution in [1.29, 1.82) is 0 Å². The SMILES string of the molecule is CCCCCCCCCCCCCCCCOCCCOP(=O)(CCN1C[C@@H](O)[C@H](O)C1)OC[C@H]1O[C@@H](n2c(=O)cc[nH]c2=O)[C@H](O)[C@@H]1O. The van der Waals surface area contributed by atoms with Gasteiger partial charge in [0.05, 0.1) is 31.6 Å². The summed E-state index contributed by atoms with van der Waals surface area (Å²) < 4.78 is 37.2. The molecule has 1 unspecified atom stereocenters. The van der Waals surface area contributed by atoms with Crippen LogP contribution in [-0.2, 0) is 23.1 Å². The zero-order valence-corrected chi connectivity index (χ0v) is 30.3. The highest BCUT2D eigenvalue weighted by molar-refractivity contribution is 7.53. The van der Waals surface area contributed by atoms with Crippen LogP contribution in [-0.4, -0.2) is 118 Å². The van der Waals surface area contributed by atoms with E-state index in [9.17, 15) is 34.6 Å². The summed E-state index contributed by atoms with van der Waals surface area (Å²) in [6.45, 7) is 3.64. The van der Waals surface area contributed by atoms with Gasteiger partial charge in [-0.3, -0.25) is 14.3 Å². The van der Waals surface area contributed by atoms with Crippen molar-refractivity contribution in [2.75, 3.05) is 52.2 Å². The second kappa shape index (κ2) is 23.2. The van der Waals surface area contributed by atoms with Crippen LogP contribution in [0, 0.1) is 0 Å². The Morgan fingerprint density at radius 1 is 0.796 bits per heavy atom. The summed E-state index contributed by atoms with van der Waals surface area (Å²) in [7, 11) is -3.78. The van der Waals surface area contributed by atoms with Crippen molar-refractivity contribution in [3.63, 3.8) is 0 Å². The minimum absolute atomic E-state index is 0.0566. The molecule has 0 aliphatic carbocycles. The second-order valence-electron chi connectivity index (χ2n) is 13.5. The van der Waals surface area contributed by atoms with E-state index in [-0.39, 0.29) is 32.4 Å². The summed E-state index contributed by atoms with van der Waals surface area (Å²) in [6.07, 6.45) is 12.1. The largest absolute Gasteiger partial charge is 0.389 e. The second-order valence-corrected chi connectivity index (χ2v) is 15.6. The van der Waals surface area contributed by atoms with Crippen LogP contribution in [0.2, 0.25) is 0 Å². The Bertz CT molecular complexity index is 1160. The number of nitrogens with one attached hydrogen (secondary N) is 1. The molecule has 15 heteroatoms. The molecule has 0 bridgehead atoms. The summed E-state index contributed by atoms with van der Waals surface area (Å²) in [6, 6.07) is 1.09. The van der Waals surface area contributed by atoms with Crippen molar-refractivity contribution in [2.45, 2.75) is 140 Å². The number of likely N-dealkylation sites (tertiary alicyclic amines) is 1. The molecule has 2 aliphatic heterocycles. The fraction of sp³-hybridized carbons (Fsp3) is 0.882. The quantitative estimate of drug-likeness (QED) is 0.0659. The van der Waals surface area contributed by atoms with Gasteiger partial charge in [-0.2, -0.15) is 0 Å². The van der Waals surface area contributed by atoms with Gasteiger partial charge in [-0.05, 0) is 12.8 Å². The number of aromatic nitrogens is 2. The third-order valence-electron chi connectivity index (χ3n) is 9.30. The maximum absolute atomic E-state index is 13.8. The van der Waals surface area contributed by atoms with Crippen LogP contribution in [0.4, 0.5) is 0 Å². The lowest BCUT2D eigenvalue weighted by atomic mass is 10.0. The number of H-pyrrole nitrogens is 1. The van der Waals surface area contributed by atoms with E-state index >= 15 is 0 Å². The fourth-order valence-electron chi connectivity index (χ4n) is 6.27. The summed E-state index contributed by atoms with van der Waals surface area (Å²) in [5.41, 5.74) is -1.54. The Morgan fingerprint density at radius 2 is 1.37 bits per heavy atom. The normalized spacial score (nSPS) is 25.7. The van der Waals surface area contributed by atoms with Gasteiger partial charge in [0.1, 0.15) is 18.3 Å². The molecular formula is C34H62N3O11P. The van der Waals surface area contributed by atoms with Gasteiger partial charge in [0.25, 0.3) is 5.56 Å². The number of ether oxygens (including phenoxy) is 2. The lowest BCUT2D eigenvalue weighted by Crippen LogP contribution is -2.42. The van der Waals surface area contributed by atoms with Crippen LogP contribution in [0.5, 0.6) is 0 Å². The first-order chi connectivity index (χ1) is 23.6. The molecule has 0 amide bonds. The zero-order valence-electron chi connectivity index (χ0n) is 29.4. The van der Waals surface area contributed by atoms with E-state index in [1.807, 2.05) is 0 Å². The minimum Gasteiger partial charge on any atom is -0.389 e. The van der Waals surface area contributed by atoms with Gasteiger partial charge in [0.15, 0.2) is 6.23 Å². The van der Waals surface area contributed by atoms with Crippen LogP contribution in [0.25, 0.3) is 0 Å². The van der Waals surface area contributed by atoms with Gasteiger partial charge >= 0.3 is 13.3 Å². The lowest BCUT2D eigenvalue weighted by Gasteiger charge is -2.24. The van der Waals surface area contributed by atoms with Gasteiger partial charge < -0.3 is 43.9 Å². The first-order valence-electron chi connectivity index (χ1n) is 18.5. The molecule has 0 aromatic carbocycles. The Labute approximate surface area is 290 Å². The van der Waals surface area contributed by atoms with Crippen LogP contribution in [0.3, 0.4) is 0 Å². The Morgan fingerprint density at radius 3 is 1.96 bits per heavy atom. The third-order valence-corrected chi connectivity index (χ3v) is 11.2. The van der Waals surface area contributed by atoms with Crippen molar-refractivity contribution < 1.29 is 43.5 Å². The third kappa shape index (κ3) is 15.0. The van der Waals surface area contributed by atoms with Crippen molar-refractivity contribution in [3.8, 4) is 0 Å². The molecule has 14 nitrogen and oxygen atoms in total. The molecule has 1 aromatic heterocycles. The van der Waals surface area contributed by atoms with E-state index in [0.29, 0.717) is 24.2 Å². The van der Waals surface area contributed by atoms with Crippen molar-refractivity contribution >= 4 is 7.60 Å². The van der Waals surface area contributed by atoms with Crippen LogP contribution < -0.4 is 11.2 Å². The first-order valence-corrected chi connectivity index (χ1v) is 20.2. The summed E-state index contributed by atoms with van der Waals surface area (Å²) in [5, 5.41) is 40.9. The van der Waals surface area contributed by atoms with E-state index in [1.165, 1.54) is 77.0 Å². The van der Waals surface area contributed by atoms with Gasteiger partial charge in [-0.1, -0.05) is 90.4 Å². The standard InChI is InChI=1S/C34H62N3O11P/c1-2-3-4-5-6-7-8-9-10-11-12-13-14-15-20-45-21-16-22-46-49(44,23-19-36-24-27(38)28(39)25-36)47-26-29-31(41)32(42)33(48-29)37-30(40)17-18-35-34(37)43/h17-18,27-29,31-33,38-39,41-42H,2-16,19-26H2,1H3,(H,35,43)/t27-,28-,29-,31-,32-,33-,49?/m1/s1. The van der Waals surface area contributed by atoms with E-state index in [1.54, 1.807) is 4.90 Å². The highest BCUT2D eigenvalue weighted by Crippen LogP contribution is 2.49. The Kier molecular flexibility index (Phi) is 19.9. The van der Waals surface area contributed by atoms with Crippen molar-refractivity contribution in [3.05, 3.63) is 33.1 Å². The average molecular weight is 720 g/mol. The highest BCUT2D eigenvalue weighted by atomic mass is 31.2. The number of β-amino-alcohol motifs (C(OH)–C–C–N with tert-alkyl or cyclic N) is 2. The smallest absolute Gasteiger partial charge is 0.332 e. The number of aliphatic hydroxyl groups is 4. The Hall–Kier alpha value is -1.45. The van der Waals surface area contributed by atoms with Crippen LogP contribution >= 0.6 is 7.60 Å². The molecule has 1 aromatic rings. The topological polar surface area (TPSA) is 193 Å². The number of aromatic amines is 1. The van der Waals surface area contributed by atoms with E-state index in [4.69, 9.17) is 18.5 Å². The maximum Gasteiger partial charge on any atom is 0.332 e. The molecule has 2 saturated heterocycles. The number of rotatable bonds is 27. The van der Waals surface area contributed by atoms with Gasteiger partial charge in [0, 0.05) is 45.1 Å². The predicted molar refractivity (Wildman–Crippen MR) is 186 cm³/mol. The molecular weight excluding hydrogens is 657 g/mol. The maximum atomic E-state index is 13.8. The van der Waals surface area contributed by atoms with Crippen LogP contribution in [0.1, 0.15) is 109 Å². The summed E-state index contributed by atoms with van der Waals surface area (Å²) >= 11 is 0. The molecule has 0 radical (unpaired) electrons. The molecule has 0 spiro atoms. The summed E-state index contributed by atoms with van der Waals surface area (Å²) in [5.74, 6) is 0. The molecule has 0 saturated carbocycles. The molecule has 49 heavy (non-hydrogen) atoms. The molecule has 7 atom stereocenters. The molecule has 3 heterocycles. The monoisotopic (exact) mass is 719 g/mol. The molecule has 2 aliphatic rings. The summed E-state index contributed by atoms with van der Waals surface area (Å²) in [4.78, 5) is 28.5. The van der Waals surface area contributed by atoms with E-state index in [2.05, 4.69) is 11.9 Å². The molecule has 2 fully saturated rings. The Balaban J connectivity index is 1.33. The molecule has 3 rings (SSSR count). The zero-order chi connectivity index (χ0) is 35.5. The van der Waals surface area contributed by atoms with Crippen LogP contribution in [0.15, 0.2) is 21.9 Å². The van der Waals surface area contributed by atoms with E-state index < -0.39 is 62.2 Å². The van der Waals surface area contributed by atoms with E-state index in [0.717, 1.165) is 25.1 Å². The predicted octanol–water partition coefficient (Wildman–Crippen LogP) is 3.31. The molecule has 284 valence electrons.